The van der Waals surface area contributed by atoms with E-state index in [2.05, 4.69) is 48.9 Å². The molecule has 5 heteroatoms. The number of hydrogen-bond acceptors (Lipinski definition) is 3. The third-order valence-electron chi connectivity index (χ3n) is 3.28. The first-order chi connectivity index (χ1) is 9.99. The maximum absolute atomic E-state index is 11.7. The number of furan rings is 1. The summed E-state index contributed by atoms with van der Waals surface area (Å²) in [5.74, 6) is 0.475. The van der Waals surface area contributed by atoms with Crippen molar-refractivity contribution in [3.8, 4) is 0 Å². The van der Waals surface area contributed by atoms with E-state index in [1.165, 1.54) is 12.0 Å². The Morgan fingerprint density at radius 1 is 1.48 bits per heavy atom. The van der Waals surface area contributed by atoms with Crippen LogP contribution in [0.3, 0.4) is 0 Å². The van der Waals surface area contributed by atoms with E-state index < -0.39 is 0 Å². The van der Waals surface area contributed by atoms with Crippen molar-refractivity contribution >= 4 is 12.1 Å². The van der Waals surface area contributed by atoms with E-state index in [9.17, 15) is 4.79 Å². The van der Waals surface area contributed by atoms with Crippen molar-refractivity contribution in [2.45, 2.75) is 34.2 Å². The largest absolute Gasteiger partial charge is 0.459 e. The summed E-state index contributed by atoms with van der Waals surface area (Å²) in [4.78, 5) is 11.7. The van der Waals surface area contributed by atoms with Crippen molar-refractivity contribution in [3.05, 3.63) is 47.2 Å². The highest BCUT2D eigenvalue weighted by atomic mass is 16.3. The van der Waals surface area contributed by atoms with Crippen molar-refractivity contribution in [2.75, 3.05) is 0 Å². The highest BCUT2D eigenvalue weighted by Gasteiger charge is 2.09. The molecule has 1 amide bonds. The number of carbonyl (C=O) groups excluding carboxylic acids is 1. The summed E-state index contributed by atoms with van der Waals surface area (Å²) in [6, 6.07) is 5.33. The average molecular weight is 287 g/mol. The zero-order valence-corrected chi connectivity index (χ0v) is 12.9. The Labute approximate surface area is 124 Å². The van der Waals surface area contributed by atoms with Gasteiger partial charge in [-0.05, 0) is 38.0 Å². The van der Waals surface area contributed by atoms with Gasteiger partial charge in [-0.1, -0.05) is 13.8 Å². The molecule has 0 aliphatic rings. The first-order valence-corrected chi connectivity index (χ1v) is 7.02. The van der Waals surface area contributed by atoms with E-state index in [-0.39, 0.29) is 11.7 Å². The Morgan fingerprint density at radius 3 is 2.86 bits per heavy atom. The van der Waals surface area contributed by atoms with Crippen LogP contribution in [-0.4, -0.2) is 16.7 Å². The summed E-state index contributed by atoms with van der Waals surface area (Å²) >= 11 is 0. The minimum atomic E-state index is -0.354. The summed E-state index contributed by atoms with van der Waals surface area (Å²) in [6.45, 7) is 9.50. The molecule has 0 unspecified atom stereocenters. The second kappa shape index (κ2) is 6.43. The van der Waals surface area contributed by atoms with Gasteiger partial charge in [-0.3, -0.25) is 4.79 Å². The molecule has 0 radical (unpaired) electrons. The zero-order valence-electron chi connectivity index (χ0n) is 12.9. The number of nitrogens with one attached hydrogen (secondary N) is 1. The van der Waals surface area contributed by atoms with Gasteiger partial charge < -0.3 is 8.98 Å². The Morgan fingerprint density at radius 2 is 2.24 bits per heavy atom. The summed E-state index contributed by atoms with van der Waals surface area (Å²) in [5.41, 5.74) is 5.81. The molecule has 112 valence electrons. The molecule has 2 aromatic heterocycles. The Kier molecular flexibility index (Phi) is 4.62. The summed E-state index contributed by atoms with van der Waals surface area (Å²) in [5, 5.41) is 3.99. The van der Waals surface area contributed by atoms with Crippen LogP contribution >= 0.6 is 0 Å². The highest BCUT2D eigenvalue weighted by Crippen LogP contribution is 2.15. The van der Waals surface area contributed by atoms with Crippen LogP contribution in [0.4, 0.5) is 0 Å². The Balaban J connectivity index is 2.06. The molecule has 0 fully saturated rings. The summed E-state index contributed by atoms with van der Waals surface area (Å²) in [7, 11) is 0. The van der Waals surface area contributed by atoms with E-state index in [0.717, 1.165) is 17.8 Å². The van der Waals surface area contributed by atoms with Crippen molar-refractivity contribution in [1.29, 1.82) is 0 Å². The SMILES string of the molecule is Cc1cc(/C=N/NC(=O)c2ccco2)c(C)n1CC(C)C. The number of aromatic nitrogens is 1. The average Bonchev–Trinajstić information content (AvgIpc) is 3.03. The fourth-order valence-corrected chi connectivity index (χ4v) is 2.23. The van der Waals surface area contributed by atoms with Gasteiger partial charge in [-0.2, -0.15) is 5.10 Å². The van der Waals surface area contributed by atoms with Gasteiger partial charge in [-0.15, -0.1) is 0 Å². The van der Waals surface area contributed by atoms with Gasteiger partial charge in [0.15, 0.2) is 5.76 Å². The second-order valence-electron chi connectivity index (χ2n) is 5.51. The lowest BCUT2D eigenvalue weighted by Crippen LogP contribution is -2.16. The number of hydrazone groups is 1. The first-order valence-electron chi connectivity index (χ1n) is 7.02. The Hall–Kier alpha value is -2.30. The topological polar surface area (TPSA) is 59.5 Å². The van der Waals surface area contributed by atoms with Crippen LogP contribution in [0.1, 0.15) is 41.4 Å². The molecular weight excluding hydrogens is 266 g/mol. The molecule has 2 rings (SSSR count). The van der Waals surface area contributed by atoms with Gasteiger partial charge in [0.2, 0.25) is 0 Å². The molecule has 5 nitrogen and oxygen atoms in total. The van der Waals surface area contributed by atoms with Crippen LogP contribution in [0.2, 0.25) is 0 Å². The fourth-order valence-electron chi connectivity index (χ4n) is 2.23. The monoisotopic (exact) mass is 287 g/mol. The predicted molar refractivity (Wildman–Crippen MR) is 82.5 cm³/mol. The van der Waals surface area contributed by atoms with Crippen molar-refractivity contribution < 1.29 is 9.21 Å². The van der Waals surface area contributed by atoms with E-state index >= 15 is 0 Å². The van der Waals surface area contributed by atoms with E-state index in [1.54, 1.807) is 18.3 Å². The van der Waals surface area contributed by atoms with E-state index in [0.29, 0.717) is 5.92 Å². The molecule has 0 bridgehead atoms. The third kappa shape index (κ3) is 3.62. The molecule has 2 heterocycles. The third-order valence-corrected chi connectivity index (χ3v) is 3.28. The predicted octanol–water partition coefficient (Wildman–Crippen LogP) is 3.12. The van der Waals surface area contributed by atoms with Gasteiger partial charge in [0.05, 0.1) is 12.5 Å². The molecule has 0 aliphatic carbocycles. The summed E-state index contributed by atoms with van der Waals surface area (Å²) in [6.07, 6.45) is 3.12. The quantitative estimate of drug-likeness (QED) is 0.678. The molecular formula is C16H21N3O2. The van der Waals surface area contributed by atoms with Gasteiger partial charge in [0, 0.05) is 23.5 Å². The minimum absolute atomic E-state index is 0.248. The lowest BCUT2D eigenvalue weighted by molar-refractivity contribution is 0.0927. The minimum Gasteiger partial charge on any atom is -0.459 e. The number of aryl methyl sites for hydroxylation is 1. The molecule has 0 saturated carbocycles. The number of hydrogen-bond donors (Lipinski definition) is 1. The maximum atomic E-state index is 11.7. The van der Waals surface area contributed by atoms with Gasteiger partial charge in [0.1, 0.15) is 0 Å². The van der Waals surface area contributed by atoms with Gasteiger partial charge in [0.25, 0.3) is 0 Å². The molecule has 2 aromatic rings. The highest BCUT2D eigenvalue weighted by molar-refractivity contribution is 5.92. The molecule has 0 aliphatic heterocycles. The maximum Gasteiger partial charge on any atom is 0.307 e. The first kappa shape index (κ1) is 15.1. The number of rotatable bonds is 5. The smallest absolute Gasteiger partial charge is 0.307 e. The Bertz CT molecular complexity index is 637. The lowest BCUT2D eigenvalue weighted by Gasteiger charge is -2.11. The van der Waals surface area contributed by atoms with Crippen molar-refractivity contribution in [2.24, 2.45) is 11.0 Å². The normalized spacial score (nSPS) is 11.5. The molecule has 0 saturated heterocycles. The van der Waals surface area contributed by atoms with Crippen LogP contribution in [0.5, 0.6) is 0 Å². The van der Waals surface area contributed by atoms with Crippen LogP contribution < -0.4 is 5.43 Å². The standard InChI is InChI=1S/C16H21N3O2/c1-11(2)10-19-12(3)8-14(13(19)4)9-17-18-16(20)15-6-5-7-21-15/h5-9,11H,10H2,1-4H3,(H,18,20)/b17-9+. The molecule has 0 spiro atoms. The number of nitrogens with zero attached hydrogens (tertiary/aromatic N) is 2. The van der Waals surface area contributed by atoms with Gasteiger partial charge >= 0.3 is 5.91 Å². The zero-order chi connectivity index (χ0) is 15.4. The van der Waals surface area contributed by atoms with Crippen molar-refractivity contribution in [1.82, 2.24) is 9.99 Å². The van der Waals surface area contributed by atoms with Crippen LogP contribution in [0.15, 0.2) is 34.0 Å². The lowest BCUT2D eigenvalue weighted by atomic mass is 10.2. The van der Waals surface area contributed by atoms with E-state index in [4.69, 9.17) is 4.42 Å². The van der Waals surface area contributed by atoms with E-state index in [1.807, 2.05) is 0 Å². The van der Waals surface area contributed by atoms with Crippen LogP contribution in [0, 0.1) is 19.8 Å². The molecule has 21 heavy (non-hydrogen) atoms. The molecule has 0 atom stereocenters. The number of carbonyl (C=O) groups is 1. The summed E-state index contributed by atoms with van der Waals surface area (Å²) < 4.78 is 7.26. The van der Waals surface area contributed by atoms with Crippen LogP contribution in [0.25, 0.3) is 0 Å². The molecule has 0 aromatic carbocycles. The van der Waals surface area contributed by atoms with Gasteiger partial charge in [-0.25, -0.2) is 5.43 Å². The van der Waals surface area contributed by atoms with Crippen molar-refractivity contribution in [3.63, 3.8) is 0 Å². The van der Waals surface area contributed by atoms with Crippen LogP contribution in [-0.2, 0) is 6.54 Å². The fraction of sp³-hybridized carbons (Fsp3) is 0.375. The molecule has 1 N–H and O–H groups in total. The second-order valence-corrected chi connectivity index (χ2v) is 5.51. The number of amides is 1.